The van der Waals surface area contributed by atoms with Crippen LogP contribution < -0.4 is 5.73 Å². The van der Waals surface area contributed by atoms with Crippen LogP contribution in [0.15, 0.2) is 96.1 Å². The maximum Gasteiger partial charge on any atom is 0.451 e. The topological polar surface area (TPSA) is 105 Å². The van der Waals surface area contributed by atoms with E-state index in [2.05, 4.69) is 15.0 Å². The maximum atomic E-state index is 14.1. The number of aliphatic imine (C=N–C) groups is 1. The van der Waals surface area contributed by atoms with Crippen LogP contribution in [-0.4, -0.2) is 37.5 Å². The number of nitrogens with two attached hydrogens (primary N) is 1. The monoisotopic (exact) mass is 556 g/mol. The first-order chi connectivity index (χ1) is 19.7. The van der Waals surface area contributed by atoms with Gasteiger partial charge in [0, 0.05) is 23.9 Å². The number of rotatable bonds is 5. The lowest BCUT2D eigenvalue weighted by Crippen LogP contribution is -2.43. The Morgan fingerprint density at radius 2 is 1.59 bits per heavy atom. The molecule has 2 aliphatic rings. The van der Waals surface area contributed by atoms with Gasteiger partial charge in [-0.25, -0.2) is 15.0 Å². The van der Waals surface area contributed by atoms with Gasteiger partial charge < -0.3 is 10.6 Å². The molecule has 2 N–H and O–H groups in total. The largest absolute Gasteiger partial charge is 0.451 e. The molecule has 0 atom stereocenters. The number of carbonyl (C=O) groups is 2. The molecule has 2 aliphatic heterocycles. The van der Waals surface area contributed by atoms with Crippen molar-refractivity contribution in [3.63, 3.8) is 0 Å². The number of guanidine groups is 1. The molecule has 0 fully saturated rings. The fourth-order valence-electron chi connectivity index (χ4n) is 5.24. The van der Waals surface area contributed by atoms with Crippen LogP contribution >= 0.6 is 0 Å². The van der Waals surface area contributed by atoms with E-state index in [1.807, 2.05) is 60.7 Å². The Morgan fingerprint density at radius 3 is 2.22 bits per heavy atom. The van der Waals surface area contributed by atoms with Gasteiger partial charge in [0.25, 0.3) is 11.8 Å². The molecule has 2 amide bonds. The lowest BCUT2D eigenvalue weighted by atomic mass is 9.83. The number of hydrogen-bond acceptors (Lipinski definition) is 6. The third kappa shape index (κ3) is 4.58. The third-order valence-electron chi connectivity index (χ3n) is 7.21. The fourth-order valence-corrected chi connectivity index (χ4v) is 5.24. The summed E-state index contributed by atoms with van der Waals surface area (Å²) >= 11 is 0. The minimum absolute atomic E-state index is 0.0495. The Labute approximate surface area is 233 Å². The number of carbonyl (C=O) groups excluding carboxylic acids is 2. The average molecular weight is 557 g/mol. The van der Waals surface area contributed by atoms with Crippen LogP contribution in [0.25, 0.3) is 0 Å². The molecule has 0 spiro atoms. The molecule has 0 saturated heterocycles. The van der Waals surface area contributed by atoms with Gasteiger partial charge in [0.05, 0.1) is 18.8 Å². The number of aromatic nitrogens is 2. The van der Waals surface area contributed by atoms with E-state index >= 15 is 0 Å². The van der Waals surface area contributed by atoms with E-state index in [0.29, 0.717) is 27.8 Å². The molecule has 206 valence electrons. The molecule has 0 saturated carbocycles. The third-order valence-corrected chi connectivity index (χ3v) is 7.21. The lowest BCUT2D eigenvalue weighted by Gasteiger charge is -2.27. The van der Waals surface area contributed by atoms with Crippen molar-refractivity contribution in [2.75, 3.05) is 0 Å². The summed E-state index contributed by atoms with van der Waals surface area (Å²) < 4.78 is 39.1. The van der Waals surface area contributed by atoms with Gasteiger partial charge in [0.1, 0.15) is 0 Å². The van der Waals surface area contributed by atoms with Crippen LogP contribution in [0.3, 0.4) is 0 Å². The molecule has 6 rings (SSSR count). The zero-order valence-electron chi connectivity index (χ0n) is 21.5. The van der Waals surface area contributed by atoms with Gasteiger partial charge in [-0.1, -0.05) is 72.8 Å². The summed E-state index contributed by atoms with van der Waals surface area (Å²) in [7, 11) is 0. The quantitative estimate of drug-likeness (QED) is 0.396. The van der Waals surface area contributed by atoms with Gasteiger partial charge in [0.2, 0.25) is 5.82 Å². The highest BCUT2D eigenvalue weighted by Gasteiger charge is 2.50. The number of nitrogens with zero attached hydrogens (tertiary/aromatic N) is 5. The number of halogens is 3. The second-order valence-electron chi connectivity index (χ2n) is 9.83. The summed E-state index contributed by atoms with van der Waals surface area (Å²) in [5.41, 5.74) is 7.93. The highest BCUT2D eigenvalue weighted by molar-refractivity contribution is 6.09. The minimum Gasteiger partial charge on any atom is -0.369 e. The zero-order chi connectivity index (χ0) is 28.8. The molecule has 3 heterocycles. The van der Waals surface area contributed by atoms with E-state index in [-0.39, 0.29) is 43.1 Å². The van der Waals surface area contributed by atoms with E-state index in [0.717, 1.165) is 6.20 Å². The van der Waals surface area contributed by atoms with Crippen LogP contribution in [0.1, 0.15) is 44.1 Å². The van der Waals surface area contributed by atoms with Gasteiger partial charge in [-0.3, -0.25) is 14.5 Å². The average Bonchev–Trinajstić information content (AvgIpc) is 3.52. The van der Waals surface area contributed by atoms with Gasteiger partial charge in [-0.15, -0.1) is 0 Å². The Kier molecular flexibility index (Phi) is 6.29. The summed E-state index contributed by atoms with van der Waals surface area (Å²) in [6, 6.07) is 25.1. The summed E-state index contributed by atoms with van der Waals surface area (Å²) in [5, 5.41) is 0. The van der Waals surface area contributed by atoms with E-state index < -0.39 is 17.5 Å². The van der Waals surface area contributed by atoms with Crippen LogP contribution in [0.5, 0.6) is 0 Å². The normalized spacial score (nSPS) is 16.1. The number of hydrogen-bond donors (Lipinski definition) is 1. The smallest absolute Gasteiger partial charge is 0.369 e. The SMILES string of the molecule is NC1=NC(c2ccccc2)(c2ccccc2)C(=O)N1Cc1cccc(C(=O)N2Cc3cnc(C(F)(F)F)nc3C2)c1. The lowest BCUT2D eigenvalue weighted by molar-refractivity contribution is -0.145. The predicted molar refractivity (Wildman–Crippen MR) is 143 cm³/mol. The van der Waals surface area contributed by atoms with Crippen molar-refractivity contribution in [1.82, 2.24) is 19.8 Å². The molecule has 0 unspecified atom stereocenters. The summed E-state index contributed by atoms with van der Waals surface area (Å²) in [6.07, 6.45) is -3.56. The van der Waals surface area contributed by atoms with Crippen molar-refractivity contribution in [3.05, 3.63) is 130 Å². The molecule has 11 heteroatoms. The van der Waals surface area contributed by atoms with Crippen molar-refractivity contribution in [3.8, 4) is 0 Å². The van der Waals surface area contributed by atoms with Crippen molar-refractivity contribution in [1.29, 1.82) is 0 Å². The molecule has 4 aromatic rings. The van der Waals surface area contributed by atoms with Crippen LogP contribution in [-0.2, 0) is 36.1 Å². The number of benzene rings is 3. The van der Waals surface area contributed by atoms with E-state index in [1.54, 1.807) is 24.3 Å². The van der Waals surface area contributed by atoms with Crippen LogP contribution in [0.4, 0.5) is 13.2 Å². The highest BCUT2D eigenvalue weighted by Crippen LogP contribution is 2.40. The molecule has 0 bridgehead atoms. The molecular weight excluding hydrogens is 533 g/mol. The summed E-state index contributed by atoms with van der Waals surface area (Å²) in [6.45, 7) is 0.0969. The molecule has 41 heavy (non-hydrogen) atoms. The molecule has 8 nitrogen and oxygen atoms in total. The van der Waals surface area contributed by atoms with Crippen molar-refractivity contribution < 1.29 is 22.8 Å². The second kappa shape index (κ2) is 9.84. The van der Waals surface area contributed by atoms with Gasteiger partial charge in [-0.05, 0) is 28.8 Å². The fraction of sp³-hybridized carbons (Fsp3) is 0.167. The Morgan fingerprint density at radius 1 is 0.927 bits per heavy atom. The molecule has 0 radical (unpaired) electrons. The molecule has 3 aromatic carbocycles. The van der Waals surface area contributed by atoms with Gasteiger partial charge in [-0.2, -0.15) is 13.2 Å². The van der Waals surface area contributed by atoms with E-state index in [4.69, 9.17) is 5.73 Å². The van der Waals surface area contributed by atoms with Gasteiger partial charge in [0.15, 0.2) is 11.5 Å². The standard InChI is InChI=1S/C30H23F3N6O2/c31-30(32,33)26-35-15-21-17-38(18-24(21)36-26)25(40)20-9-7-8-19(14-20)16-39-27(41)29(37-28(39)34,22-10-3-1-4-11-22)23-12-5-2-6-13-23/h1-15H,16-18H2,(H2,34,37). The van der Waals surface area contributed by atoms with Crippen molar-refractivity contribution in [2.24, 2.45) is 10.7 Å². The van der Waals surface area contributed by atoms with Crippen LogP contribution in [0, 0.1) is 0 Å². The highest BCUT2D eigenvalue weighted by atomic mass is 19.4. The van der Waals surface area contributed by atoms with Gasteiger partial charge >= 0.3 is 6.18 Å². The van der Waals surface area contributed by atoms with Crippen LogP contribution in [0.2, 0.25) is 0 Å². The number of fused-ring (bicyclic) bond motifs is 1. The molecular formula is C30H23F3N6O2. The van der Waals surface area contributed by atoms with Crippen molar-refractivity contribution >= 4 is 17.8 Å². The minimum atomic E-state index is -4.67. The first kappa shape index (κ1) is 26.2. The predicted octanol–water partition coefficient (Wildman–Crippen LogP) is 4.25. The zero-order valence-corrected chi connectivity index (χ0v) is 21.5. The number of amides is 2. The first-order valence-electron chi connectivity index (χ1n) is 12.8. The molecule has 1 aromatic heterocycles. The van der Waals surface area contributed by atoms with E-state index in [9.17, 15) is 22.8 Å². The Bertz CT molecular complexity index is 1640. The number of alkyl halides is 3. The second-order valence-corrected chi connectivity index (χ2v) is 9.83. The van der Waals surface area contributed by atoms with E-state index in [1.165, 1.54) is 9.80 Å². The maximum absolute atomic E-state index is 14.1. The summed E-state index contributed by atoms with van der Waals surface area (Å²) in [5.74, 6) is -1.88. The Hall–Kier alpha value is -5.06. The molecule has 0 aliphatic carbocycles. The first-order valence-corrected chi connectivity index (χ1v) is 12.8. The summed E-state index contributed by atoms with van der Waals surface area (Å²) in [4.78, 5) is 41.9. The Balaban J connectivity index is 1.25. The van der Waals surface area contributed by atoms with Crippen molar-refractivity contribution in [2.45, 2.75) is 31.3 Å².